The fourth-order valence-electron chi connectivity index (χ4n) is 3.23. The number of anilines is 2. The van der Waals surface area contributed by atoms with E-state index in [0.717, 1.165) is 24.3 Å². The van der Waals surface area contributed by atoms with Crippen molar-refractivity contribution in [3.63, 3.8) is 0 Å². The SMILES string of the molecule is Cc1ccc(NC(=O)CN(C)C)cc1NC(=O)CN1Cc2ccccc2C1. The Hall–Kier alpha value is -2.70. The Bertz CT molecular complexity index is 823. The number of rotatable bonds is 6. The highest BCUT2D eigenvalue weighted by molar-refractivity contribution is 5.96. The van der Waals surface area contributed by atoms with E-state index >= 15 is 0 Å². The van der Waals surface area contributed by atoms with E-state index in [1.165, 1.54) is 11.1 Å². The van der Waals surface area contributed by atoms with Crippen molar-refractivity contribution < 1.29 is 9.59 Å². The van der Waals surface area contributed by atoms with Gasteiger partial charge in [-0.1, -0.05) is 30.3 Å². The lowest BCUT2D eigenvalue weighted by Crippen LogP contribution is -2.29. The molecule has 0 aliphatic carbocycles. The molecule has 142 valence electrons. The van der Waals surface area contributed by atoms with Gasteiger partial charge in [0.15, 0.2) is 0 Å². The zero-order valence-corrected chi connectivity index (χ0v) is 16.1. The van der Waals surface area contributed by atoms with Gasteiger partial charge in [0, 0.05) is 24.5 Å². The predicted octanol–water partition coefficient (Wildman–Crippen LogP) is 2.45. The Balaban J connectivity index is 1.59. The summed E-state index contributed by atoms with van der Waals surface area (Å²) in [7, 11) is 3.69. The van der Waals surface area contributed by atoms with Gasteiger partial charge in [-0.15, -0.1) is 0 Å². The van der Waals surface area contributed by atoms with Crippen LogP contribution in [0.1, 0.15) is 16.7 Å². The molecule has 2 N–H and O–H groups in total. The van der Waals surface area contributed by atoms with E-state index in [1.54, 1.807) is 11.0 Å². The van der Waals surface area contributed by atoms with Gasteiger partial charge in [0.1, 0.15) is 0 Å². The van der Waals surface area contributed by atoms with Crippen LogP contribution < -0.4 is 10.6 Å². The second-order valence-electron chi connectivity index (χ2n) is 7.28. The van der Waals surface area contributed by atoms with Gasteiger partial charge in [0.05, 0.1) is 13.1 Å². The maximum absolute atomic E-state index is 12.5. The van der Waals surface area contributed by atoms with Crippen LogP contribution in [0, 0.1) is 6.92 Å². The van der Waals surface area contributed by atoms with Gasteiger partial charge in [-0.2, -0.15) is 0 Å². The van der Waals surface area contributed by atoms with Crippen molar-refractivity contribution >= 4 is 23.2 Å². The van der Waals surface area contributed by atoms with Crippen LogP contribution in [0.2, 0.25) is 0 Å². The number of nitrogens with zero attached hydrogens (tertiary/aromatic N) is 2. The van der Waals surface area contributed by atoms with E-state index in [4.69, 9.17) is 0 Å². The standard InChI is InChI=1S/C21H26N4O2/c1-15-8-9-18(22-20(26)13-24(2)3)10-19(15)23-21(27)14-25-11-16-6-4-5-7-17(16)12-25/h4-10H,11-14H2,1-3H3,(H,22,26)(H,23,27). The fraction of sp³-hybridized carbons (Fsp3) is 0.333. The third-order valence-electron chi connectivity index (χ3n) is 4.53. The van der Waals surface area contributed by atoms with Gasteiger partial charge in [-0.3, -0.25) is 14.5 Å². The lowest BCUT2D eigenvalue weighted by molar-refractivity contribution is -0.118. The summed E-state index contributed by atoms with van der Waals surface area (Å²) in [6, 6.07) is 13.8. The minimum atomic E-state index is -0.0871. The third kappa shape index (κ3) is 5.15. The Morgan fingerprint density at radius 3 is 2.30 bits per heavy atom. The minimum absolute atomic E-state index is 0.0531. The monoisotopic (exact) mass is 366 g/mol. The molecule has 6 nitrogen and oxygen atoms in total. The summed E-state index contributed by atoms with van der Waals surface area (Å²) in [6.07, 6.45) is 0. The van der Waals surface area contributed by atoms with Gasteiger partial charge in [-0.25, -0.2) is 0 Å². The second-order valence-corrected chi connectivity index (χ2v) is 7.28. The molecule has 2 amide bonds. The molecule has 0 bridgehead atoms. The molecule has 1 heterocycles. The first-order valence-electron chi connectivity index (χ1n) is 9.05. The van der Waals surface area contributed by atoms with Crippen LogP contribution in [-0.4, -0.2) is 48.8 Å². The van der Waals surface area contributed by atoms with Crippen molar-refractivity contribution in [2.45, 2.75) is 20.0 Å². The Kier molecular flexibility index (Phi) is 5.88. The average Bonchev–Trinajstić information content (AvgIpc) is 2.99. The average molecular weight is 366 g/mol. The van der Waals surface area contributed by atoms with E-state index in [2.05, 4.69) is 27.7 Å². The van der Waals surface area contributed by atoms with Crippen molar-refractivity contribution in [3.05, 3.63) is 59.2 Å². The highest BCUT2D eigenvalue weighted by Gasteiger charge is 2.20. The molecular weight excluding hydrogens is 340 g/mol. The van der Waals surface area contributed by atoms with Crippen LogP contribution in [0.5, 0.6) is 0 Å². The molecule has 2 aromatic carbocycles. The van der Waals surface area contributed by atoms with Crippen LogP contribution in [0.3, 0.4) is 0 Å². The molecule has 6 heteroatoms. The Labute approximate surface area is 160 Å². The molecule has 0 saturated carbocycles. The van der Waals surface area contributed by atoms with Crippen LogP contribution >= 0.6 is 0 Å². The molecule has 1 aliphatic rings. The van der Waals surface area contributed by atoms with Gasteiger partial charge >= 0.3 is 0 Å². The zero-order valence-electron chi connectivity index (χ0n) is 16.1. The quantitative estimate of drug-likeness (QED) is 0.824. The summed E-state index contributed by atoms with van der Waals surface area (Å²) in [4.78, 5) is 28.4. The first-order valence-corrected chi connectivity index (χ1v) is 9.05. The number of hydrogen-bond donors (Lipinski definition) is 2. The smallest absolute Gasteiger partial charge is 0.238 e. The van der Waals surface area contributed by atoms with E-state index in [-0.39, 0.29) is 11.8 Å². The fourth-order valence-corrected chi connectivity index (χ4v) is 3.23. The molecule has 3 rings (SSSR count). The van der Waals surface area contributed by atoms with Gasteiger partial charge < -0.3 is 15.5 Å². The predicted molar refractivity (Wildman–Crippen MR) is 108 cm³/mol. The number of carbonyl (C=O) groups excluding carboxylic acids is 2. The largest absolute Gasteiger partial charge is 0.325 e. The molecule has 1 aliphatic heterocycles. The number of likely N-dealkylation sites (N-methyl/N-ethyl adjacent to an activating group) is 1. The highest BCUT2D eigenvalue weighted by Crippen LogP contribution is 2.23. The summed E-state index contributed by atoms with van der Waals surface area (Å²) in [6.45, 7) is 4.18. The van der Waals surface area contributed by atoms with E-state index < -0.39 is 0 Å². The van der Waals surface area contributed by atoms with E-state index in [9.17, 15) is 9.59 Å². The zero-order chi connectivity index (χ0) is 19.4. The topological polar surface area (TPSA) is 64.7 Å². The van der Waals surface area contributed by atoms with Crippen LogP contribution in [-0.2, 0) is 22.7 Å². The molecule has 0 fully saturated rings. The van der Waals surface area contributed by atoms with Crippen molar-refractivity contribution in [1.82, 2.24) is 9.80 Å². The molecular formula is C21H26N4O2. The second kappa shape index (κ2) is 8.33. The summed E-state index contributed by atoms with van der Waals surface area (Å²) in [5.74, 6) is -0.140. The van der Waals surface area contributed by atoms with Crippen molar-refractivity contribution in [2.75, 3.05) is 37.8 Å². The van der Waals surface area contributed by atoms with Gasteiger partial charge in [-0.05, 0) is 49.8 Å². The molecule has 0 saturated heterocycles. The maximum Gasteiger partial charge on any atom is 0.238 e. The first-order chi connectivity index (χ1) is 12.9. The Morgan fingerprint density at radius 2 is 1.67 bits per heavy atom. The maximum atomic E-state index is 12.5. The minimum Gasteiger partial charge on any atom is -0.325 e. The molecule has 0 unspecified atom stereocenters. The lowest BCUT2D eigenvalue weighted by Gasteiger charge is -2.16. The molecule has 0 radical (unpaired) electrons. The van der Waals surface area contributed by atoms with Gasteiger partial charge in [0.25, 0.3) is 0 Å². The number of nitrogens with one attached hydrogen (secondary N) is 2. The van der Waals surface area contributed by atoms with Crippen LogP contribution in [0.4, 0.5) is 11.4 Å². The van der Waals surface area contributed by atoms with E-state index in [1.807, 2.05) is 45.3 Å². The summed E-state index contributed by atoms with van der Waals surface area (Å²) >= 11 is 0. The number of carbonyl (C=O) groups is 2. The van der Waals surface area contributed by atoms with Crippen molar-refractivity contribution in [3.8, 4) is 0 Å². The molecule has 0 aromatic heterocycles. The normalized spacial score (nSPS) is 13.5. The summed E-state index contributed by atoms with van der Waals surface area (Å²) in [5.41, 5.74) is 4.92. The number of benzene rings is 2. The number of amides is 2. The van der Waals surface area contributed by atoms with Crippen molar-refractivity contribution in [1.29, 1.82) is 0 Å². The summed E-state index contributed by atoms with van der Waals surface area (Å²) in [5, 5.41) is 5.83. The van der Waals surface area contributed by atoms with Crippen LogP contribution in [0.15, 0.2) is 42.5 Å². The van der Waals surface area contributed by atoms with Crippen molar-refractivity contribution in [2.24, 2.45) is 0 Å². The lowest BCUT2D eigenvalue weighted by atomic mass is 10.1. The van der Waals surface area contributed by atoms with Crippen LogP contribution in [0.25, 0.3) is 0 Å². The Morgan fingerprint density at radius 1 is 1.00 bits per heavy atom. The molecule has 2 aromatic rings. The molecule has 0 spiro atoms. The summed E-state index contributed by atoms with van der Waals surface area (Å²) < 4.78 is 0. The third-order valence-corrected chi connectivity index (χ3v) is 4.53. The number of hydrogen-bond acceptors (Lipinski definition) is 4. The number of fused-ring (bicyclic) bond motifs is 1. The number of aryl methyl sites for hydroxylation is 1. The molecule has 0 atom stereocenters. The van der Waals surface area contributed by atoms with E-state index in [0.29, 0.717) is 18.8 Å². The molecule has 27 heavy (non-hydrogen) atoms. The highest BCUT2D eigenvalue weighted by atomic mass is 16.2. The first kappa shape index (κ1) is 19.1. The van der Waals surface area contributed by atoms with Gasteiger partial charge in [0.2, 0.25) is 11.8 Å².